The zero-order valence-electron chi connectivity index (χ0n) is 16.5. The molecule has 8 heteroatoms. The molecule has 2 aromatic rings. The van der Waals surface area contributed by atoms with Crippen molar-refractivity contribution in [3.63, 3.8) is 0 Å². The van der Waals surface area contributed by atoms with Crippen molar-refractivity contribution in [3.8, 4) is 0 Å². The van der Waals surface area contributed by atoms with Gasteiger partial charge in [0, 0.05) is 30.3 Å². The van der Waals surface area contributed by atoms with Crippen molar-refractivity contribution < 1.29 is 18.0 Å². The standard InChI is InChI=1S/C21H25N3O4S/c1-3-22-20(25)16-6-4-5-15(11-16)13-23-21(26)19-12-18(10-7-14(19)2)29(27,28)24-17-8-9-17/h4-7,10-12,17,24H,3,8-9,13H2,1-2H3,(H,22,25)(H,23,26). The number of amides is 2. The lowest BCUT2D eigenvalue weighted by Gasteiger charge is -2.11. The second kappa shape index (κ2) is 8.75. The first-order valence-corrected chi connectivity index (χ1v) is 11.1. The Morgan fingerprint density at radius 2 is 1.79 bits per heavy atom. The Morgan fingerprint density at radius 3 is 2.48 bits per heavy atom. The minimum absolute atomic E-state index is 0.00392. The molecule has 3 rings (SSSR count). The van der Waals surface area contributed by atoms with Gasteiger partial charge in [-0.3, -0.25) is 9.59 Å². The minimum Gasteiger partial charge on any atom is -0.352 e. The third kappa shape index (κ3) is 5.42. The van der Waals surface area contributed by atoms with Crippen LogP contribution in [0.2, 0.25) is 0 Å². The number of sulfonamides is 1. The van der Waals surface area contributed by atoms with Crippen LogP contribution >= 0.6 is 0 Å². The molecular weight excluding hydrogens is 390 g/mol. The summed E-state index contributed by atoms with van der Waals surface area (Å²) in [6.07, 6.45) is 1.68. The van der Waals surface area contributed by atoms with Gasteiger partial charge in [0.1, 0.15) is 0 Å². The van der Waals surface area contributed by atoms with Gasteiger partial charge >= 0.3 is 0 Å². The van der Waals surface area contributed by atoms with Crippen molar-refractivity contribution in [1.29, 1.82) is 0 Å². The highest BCUT2D eigenvalue weighted by atomic mass is 32.2. The molecule has 0 unspecified atom stereocenters. The number of benzene rings is 2. The summed E-state index contributed by atoms with van der Waals surface area (Å²) in [5.74, 6) is -0.535. The SMILES string of the molecule is CCNC(=O)c1cccc(CNC(=O)c2cc(S(=O)(=O)NC3CC3)ccc2C)c1. The molecule has 0 aliphatic heterocycles. The van der Waals surface area contributed by atoms with Gasteiger partial charge in [-0.2, -0.15) is 0 Å². The van der Waals surface area contributed by atoms with Gasteiger partial charge in [-0.15, -0.1) is 0 Å². The van der Waals surface area contributed by atoms with E-state index in [2.05, 4.69) is 15.4 Å². The maximum Gasteiger partial charge on any atom is 0.251 e. The van der Waals surface area contributed by atoms with Crippen molar-refractivity contribution in [2.24, 2.45) is 0 Å². The molecule has 1 saturated carbocycles. The van der Waals surface area contributed by atoms with E-state index in [-0.39, 0.29) is 29.3 Å². The first kappa shape index (κ1) is 21.0. The fourth-order valence-corrected chi connectivity index (χ4v) is 4.20. The van der Waals surface area contributed by atoms with Crippen molar-refractivity contribution in [1.82, 2.24) is 15.4 Å². The summed E-state index contributed by atoms with van der Waals surface area (Å²) in [5.41, 5.74) is 2.29. The van der Waals surface area contributed by atoms with E-state index >= 15 is 0 Å². The van der Waals surface area contributed by atoms with Gasteiger partial charge in [-0.05, 0) is 62.1 Å². The molecule has 2 aromatic carbocycles. The van der Waals surface area contributed by atoms with Gasteiger partial charge in [-0.1, -0.05) is 18.2 Å². The Kier molecular flexibility index (Phi) is 6.34. The van der Waals surface area contributed by atoms with Crippen LogP contribution in [0.3, 0.4) is 0 Å². The van der Waals surface area contributed by atoms with Crippen LogP contribution in [-0.2, 0) is 16.6 Å². The van der Waals surface area contributed by atoms with Crippen LogP contribution in [0.1, 0.15) is 51.6 Å². The molecule has 0 aromatic heterocycles. The molecular formula is C21H25N3O4S. The molecule has 0 spiro atoms. The largest absolute Gasteiger partial charge is 0.352 e. The van der Waals surface area contributed by atoms with Gasteiger partial charge in [-0.25, -0.2) is 13.1 Å². The fraction of sp³-hybridized carbons (Fsp3) is 0.333. The summed E-state index contributed by atoms with van der Waals surface area (Å²) in [4.78, 5) is 24.7. The monoisotopic (exact) mass is 415 g/mol. The Morgan fingerprint density at radius 1 is 1.03 bits per heavy atom. The van der Waals surface area contributed by atoms with Crippen LogP contribution < -0.4 is 15.4 Å². The lowest BCUT2D eigenvalue weighted by Crippen LogP contribution is -2.27. The van der Waals surface area contributed by atoms with E-state index in [1.165, 1.54) is 12.1 Å². The number of nitrogens with one attached hydrogen (secondary N) is 3. The maximum atomic E-state index is 12.7. The zero-order chi connectivity index (χ0) is 21.0. The van der Waals surface area contributed by atoms with Crippen molar-refractivity contribution in [3.05, 3.63) is 64.7 Å². The fourth-order valence-electron chi connectivity index (χ4n) is 2.86. The molecule has 0 atom stereocenters. The molecule has 2 amide bonds. The van der Waals surface area contributed by atoms with Gasteiger partial charge < -0.3 is 10.6 Å². The highest BCUT2D eigenvalue weighted by Crippen LogP contribution is 2.23. The molecule has 7 nitrogen and oxygen atoms in total. The summed E-state index contributed by atoms with van der Waals surface area (Å²) in [6, 6.07) is 11.5. The smallest absolute Gasteiger partial charge is 0.251 e. The van der Waals surface area contributed by atoms with Crippen molar-refractivity contribution >= 4 is 21.8 Å². The molecule has 29 heavy (non-hydrogen) atoms. The van der Waals surface area contributed by atoms with Crippen LogP contribution in [0.25, 0.3) is 0 Å². The molecule has 0 bridgehead atoms. The molecule has 1 fully saturated rings. The molecule has 0 saturated heterocycles. The van der Waals surface area contributed by atoms with Gasteiger partial charge in [0.25, 0.3) is 11.8 Å². The predicted octanol–water partition coefficient (Wildman–Crippen LogP) is 2.12. The summed E-state index contributed by atoms with van der Waals surface area (Å²) in [7, 11) is -3.63. The summed E-state index contributed by atoms with van der Waals surface area (Å²) in [6.45, 7) is 4.37. The number of aryl methyl sites for hydroxylation is 1. The minimum atomic E-state index is -3.63. The molecule has 154 valence electrons. The van der Waals surface area contributed by atoms with Crippen LogP contribution in [0, 0.1) is 6.92 Å². The quantitative estimate of drug-likeness (QED) is 0.614. The summed E-state index contributed by atoms with van der Waals surface area (Å²) >= 11 is 0. The molecule has 1 aliphatic rings. The Labute approximate surface area is 171 Å². The molecule has 0 radical (unpaired) electrons. The average Bonchev–Trinajstić information content (AvgIpc) is 3.50. The van der Waals surface area contributed by atoms with Crippen LogP contribution in [0.15, 0.2) is 47.4 Å². The van der Waals surface area contributed by atoms with Crippen LogP contribution in [0.4, 0.5) is 0 Å². The third-order valence-corrected chi connectivity index (χ3v) is 6.16. The van der Waals surface area contributed by atoms with Crippen molar-refractivity contribution in [2.75, 3.05) is 6.54 Å². The number of hydrogen-bond acceptors (Lipinski definition) is 4. The van der Waals surface area contributed by atoms with E-state index < -0.39 is 10.0 Å². The Bertz CT molecular complexity index is 1030. The van der Waals surface area contributed by atoms with E-state index in [9.17, 15) is 18.0 Å². The van der Waals surface area contributed by atoms with E-state index in [4.69, 9.17) is 0 Å². The Balaban J connectivity index is 1.72. The number of carbonyl (C=O) groups is 2. The molecule has 3 N–H and O–H groups in total. The number of hydrogen-bond donors (Lipinski definition) is 3. The highest BCUT2D eigenvalue weighted by molar-refractivity contribution is 7.89. The summed E-state index contributed by atoms with van der Waals surface area (Å²) in [5, 5.41) is 5.54. The normalized spacial score (nSPS) is 13.7. The first-order chi connectivity index (χ1) is 13.8. The number of rotatable bonds is 8. The van der Waals surface area contributed by atoms with E-state index in [0.717, 1.165) is 18.4 Å². The predicted molar refractivity (Wildman–Crippen MR) is 110 cm³/mol. The van der Waals surface area contributed by atoms with Gasteiger partial charge in [0.2, 0.25) is 10.0 Å². The van der Waals surface area contributed by atoms with Crippen LogP contribution in [-0.4, -0.2) is 32.8 Å². The van der Waals surface area contributed by atoms with Crippen LogP contribution in [0.5, 0.6) is 0 Å². The van der Waals surface area contributed by atoms with Gasteiger partial charge in [0.05, 0.1) is 4.90 Å². The van der Waals surface area contributed by atoms with E-state index in [0.29, 0.717) is 23.2 Å². The van der Waals surface area contributed by atoms with Crippen molar-refractivity contribution in [2.45, 2.75) is 44.2 Å². The molecule has 1 aliphatic carbocycles. The third-order valence-electron chi connectivity index (χ3n) is 4.64. The Hall–Kier alpha value is -2.71. The van der Waals surface area contributed by atoms with E-state index in [1.807, 2.05) is 13.0 Å². The van der Waals surface area contributed by atoms with Gasteiger partial charge in [0.15, 0.2) is 0 Å². The topological polar surface area (TPSA) is 104 Å². The number of carbonyl (C=O) groups excluding carboxylic acids is 2. The van der Waals surface area contributed by atoms with E-state index in [1.54, 1.807) is 31.2 Å². The lowest BCUT2D eigenvalue weighted by atomic mass is 10.1. The zero-order valence-corrected chi connectivity index (χ0v) is 17.3. The highest BCUT2D eigenvalue weighted by Gasteiger charge is 2.28. The average molecular weight is 416 g/mol. The lowest BCUT2D eigenvalue weighted by molar-refractivity contribution is 0.0946. The molecule has 0 heterocycles. The summed E-state index contributed by atoms with van der Waals surface area (Å²) < 4.78 is 27.5. The second-order valence-electron chi connectivity index (χ2n) is 7.11. The first-order valence-electron chi connectivity index (χ1n) is 9.58. The second-order valence-corrected chi connectivity index (χ2v) is 8.83. The maximum absolute atomic E-state index is 12.7.